The molecule has 26 heavy (non-hydrogen) atoms. The third-order valence-electron chi connectivity index (χ3n) is 5.62. The molecule has 2 aromatic rings. The van der Waals surface area contributed by atoms with E-state index in [-0.39, 0.29) is 12.1 Å². The van der Waals surface area contributed by atoms with Crippen LogP contribution in [0.4, 0.5) is 16.3 Å². The Morgan fingerprint density at radius 3 is 2.88 bits per heavy atom. The van der Waals surface area contributed by atoms with Crippen molar-refractivity contribution in [3.05, 3.63) is 36.2 Å². The number of aromatic nitrogens is 2. The van der Waals surface area contributed by atoms with Crippen molar-refractivity contribution in [2.75, 3.05) is 29.4 Å². The molecule has 1 saturated carbocycles. The molecule has 1 N–H and O–H groups in total. The van der Waals surface area contributed by atoms with Gasteiger partial charge in [0.25, 0.3) is 0 Å². The van der Waals surface area contributed by atoms with Crippen molar-refractivity contribution in [1.29, 1.82) is 0 Å². The van der Waals surface area contributed by atoms with Gasteiger partial charge in [0.1, 0.15) is 0 Å². The number of nitrogens with zero attached hydrogens (tertiary/aromatic N) is 4. The third kappa shape index (κ3) is 2.69. The average Bonchev–Trinajstić information content (AvgIpc) is 3.40. The first kappa shape index (κ1) is 15.6. The van der Waals surface area contributed by atoms with E-state index in [0.717, 1.165) is 54.5 Å². The number of anilines is 2. The zero-order valence-corrected chi connectivity index (χ0v) is 15.0. The fourth-order valence-corrected chi connectivity index (χ4v) is 3.89. The molecule has 1 saturated heterocycles. The summed E-state index contributed by atoms with van der Waals surface area (Å²) < 4.78 is 0. The fourth-order valence-electron chi connectivity index (χ4n) is 3.89. The van der Waals surface area contributed by atoms with E-state index >= 15 is 0 Å². The van der Waals surface area contributed by atoms with Crippen LogP contribution < -0.4 is 15.1 Å². The molecule has 0 radical (unpaired) electrons. The predicted octanol–water partition coefficient (Wildman–Crippen LogP) is 2.97. The molecular weight excluding hydrogens is 326 g/mol. The molecule has 4 heterocycles. The quantitative estimate of drug-likeness (QED) is 0.925. The summed E-state index contributed by atoms with van der Waals surface area (Å²) in [6, 6.07) is 8.36. The minimum Gasteiger partial charge on any atom is -0.366 e. The maximum atomic E-state index is 12.9. The molecule has 134 valence electrons. The van der Waals surface area contributed by atoms with Crippen LogP contribution in [-0.2, 0) is 0 Å². The van der Waals surface area contributed by atoms with Crippen LogP contribution in [0.5, 0.6) is 0 Å². The SMILES string of the molecule is Cc1ccc(-c2ccc3c(n2)N(C(=O)NCC2CC2)C2CCN3C2)cn1. The fraction of sp³-hybridized carbons (Fsp3) is 0.450. The van der Waals surface area contributed by atoms with Crippen molar-refractivity contribution in [1.82, 2.24) is 15.3 Å². The van der Waals surface area contributed by atoms with Crippen molar-refractivity contribution >= 4 is 17.5 Å². The van der Waals surface area contributed by atoms with E-state index in [0.29, 0.717) is 5.92 Å². The molecule has 0 aromatic carbocycles. The summed E-state index contributed by atoms with van der Waals surface area (Å²) in [7, 11) is 0. The lowest BCUT2D eigenvalue weighted by Gasteiger charge is -2.36. The van der Waals surface area contributed by atoms with Crippen molar-refractivity contribution in [2.45, 2.75) is 32.2 Å². The van der Waals surface area contributed by atoms with Crippen LogP contribution in [0.25, 0.3) is 11.3 Å². The molecule has 1 unspecified atom stereocenters. The molecule has 1 atom stereocenters. The lowest BCUT2D eigenvalue weighted by Crippen LogP contribution is -2.51. The average molecular weight is 349 g/mol. The summed E-state index contributed by atoms with van der Waals surface area (Å²) >= 11 is 0. The van der Waals surface area contributed by atoms with Gasteiger partial charge in [0.2, 0.25) is 0 Å². The van der Waals surface area contributed by atoms with E-state index in [9.17, 15) is 4.79 Å². The Hall–Kier alpha value is -2.63. The van der Waals surface area contributed by atoms with Crippen LogP contribution in [0.15, 0.2) is 30.5 Å². The molecular formula is C20H23N5O. The van der Waals surface area contributed by atoms with Crippen molar-refractivity contribution in [3.8, 4) is 11.3 Å². The highest BCUT2D eigenvalue weighted by Gasteiger charge is 2.40. The highest BCUT2D eigenvalue weighted by atomic mass is 16.2. The van der Waals surface area contributed by atoms with Crippen molar-refractivity contribution in [3.63, 3.8) is 0 Å². The number of amides is 2. The third-order valence-corrected chi connectivity index (χ3v) is 5.62. The van der Waals surface area contributed by atoms with E-state index in [4.69, 9.17) is 4.98 Å². The Labute approximate surface area is 153 Å². The number of hydrogen-bond donors (Lipinski definition) is 1. The van der Waals surface area contributed by atoms with Crippen molar-refractivity contribution < 1.29 is 4.79 Å². The number of aryl methyl sites for hydroxylation is 1. The minimum absolute atomic E-state index is 0.00335. The topological polar surface area (TPSA) is 61.4 Å². The Morgan fingerprint density at radius 1 is 1.23 bits per heavy atom. The summed E-state index contributed by atoms with van der Waals surface area (Å²) in [5.74, 6) is 1.45. The van der Waals surface area contributed by atoms with E-state index < -0.39 is 0 Å². The molecule has 2 aromatic heterocycles. The molecule has 2 fully saturated rings. The summed E-state index contributed by atoms with van der Waals surface area (Å²) in [6.45, 7) is 4.64. The van der Waals surface area contributed by atoms with Gasteiger partial charge < -0.3 is 10.2 Å². The zero-order chi connectivity index (χ0) is 17.7. The van der Waals surface area contributed by atoms with Crippen LogP contribution in [-0.4, -0.2) is 41.7 Å². The lowest BCUT2D eigenvalue weighted by molar-refractivity contribution is 0.243. The molecule has 5 rings (SSSR count). The van der Waals surface area contributed by atoms with Gasteiger partial charge in [-0.05, 0) is 56.4 Å². The Kier molecular flexibility index (Phi) is 3.58. The van der Waals surface area contributed by atoms with Crippen molar-refractivity contribution in [2.24, 2.45) is 5.92 Å². The first-order chi connectivity index (χ1) is 12.7. The Bertz CT molecular complexity index is 846. The number of fused-ring (bicyclic) bond motifs is 4. The van der Waals surface area contributed by atoms with Crippen LogP contribution >= 0.6 is 0 Å². The van der Waals surface area contributed by atoms with Gasteiger partial charge in [-0.15, -0.1) is 0 Å². The standard InChI is InChI=1S/C20H23N5O/c1-13-2-5-15(11-21-13)17-6-7-18-19(23-17)25(16-8-9-24(18)12-16)20(26)22-10-14-3-4-14/h2,5-7,11,14,16H,3-4,8-10,12H2,1H3,(H,22,26). The molecule has 6 nitrogen and oxygen atoms in total. The van der Waals surface area contributed by atoms with Crippen LogP contribution in [0.2, 0.25) is 0 Å². The molecule has 0 spiro atoms. The van der Waals surface area contributed by atoms with Gasteiger partial charge in [0.15, 0.2) is 5.82 Å². The van der Waals surface area contributed by atoms with Gasteiger partial charge in [0.05, 0.1) is 17.4 Å². The van der Waals surface area contributed by atoms with E-state index in [1.165, 1.54) is 12.8 Å². The van der Waals surface area contributed by atoms with E-state index in [1.807, 2.05) is 36.2 Å². The summed E-state index contributed by atoms with van der Waals surface area (Å²) in [5, 5.41) is 3.12. The van der Waals surface area contributed by atoms with Crippen LogP contribution in [0.1, 0.15) is 25.0 Å². The van der Waals surface area contributed by atoms with Gasteiger partial charge >= 0.3 is 6.03 Å². The van der Waals surface area contributed by atoms with Gasteiger partial charge in [-0.1, -0.05) is 0 Å². The largest absolute Gasteiger partial charge is 0.366 e. The Balaban J connectivity index is 1.50. The monoisotopic (exact) mass is 349 g/mol. The van der Waals surface area contributed by atoms with Crippen LogP contribution in [0, 0.1) is 12.8 Å². The second-order valence-electron chi connectivity index (χ2n) is 7.62. The maximum absolute atomic E-state index is 12.9. The van der Waals surface area contributed by atoms with Gasteiger partial charge in [0, 0.05) is 37.1 Å². The number of rotatable bonds is 3. The van der Waals surface area contributed by atoms with E-state index in [1.54, 1.807) is 0 Å². The first-order valence-electron chi connectivity index (χ1n) is 9.45. The number of pyridine rings is 2. The molecule has 2 bridgehead atoms. The first-order valence-corrected chi connectivity index (χ1v) is 9.45. The molecule has 6 heteroatoms. The highest BCUT2D eigenvalue weighted by molar-refractivity contribution is 5.97. The Morgan fingerprint density at radius 2 is 2.12 bits per heavy atom. The second-order valence-corrected chi connectivity index (χ2v) is 7.62. The minimum atomic E-state index is -0.00335. The van der Waals surface area contributed by atoms with Crippen LogP contribution in [0.3, 0.4) is 0 Å². The molecule has 1 aliphatic carbocycles. The smallest absolute Gasteiger partial charge is 0.323 e. The zero-order valence-electron chi connectivity index (χ0n) is 15.0. The number of hydrogen-bond acceptors (Lipinski definition) is 4. The number of nitrogens with one attached hydrogen (secondary N) is 1. The summed E-state index contributed by atoms with van der Waals surface area (Å²) in [5.41, 5.74) is 3.88. The van der Waals surface area contributed by atoms with Gasteiger partial charge in [-0.2, -0.15) is 0 Å². The summed E-state index contributed by atoms with van der Waals surface area (Å²) in [4.78, 5) is 26.4. The maximum Gasteiger partial charge on any atom is 0.323 e. The molecule has 2 amide bonds. The predicted molar refractivity (Wildman–Crippen MR) is 101 cm³/mol. The summed E-state index contributed by atoms with van der Waals surface area (Å²) in [6.07, 6.45) is 5.31. The molecule has 3 aliphatic rings. The van der Waals surface area contributed by atoms with Gasteiger partial charge in [-0.25, -0.2) is 9.78 Å². The highest BCUT2D eigenvalue weighted by Crippen LogP contribution is 2.40. The number of carbonyl (C=O) groups is 1. The lowest BCUT2D eigenvalue weighted by atomic mass is 10.1. The number of carbonyl (C=O) groups excluding carboxylic acids is 1. The molecule has 2 aliphatic heterocycles. The normalized spacial score (nSPS) is 20.9. The van der Waals surface area contributed by atoms with Gasteiger partial charge in [-0.3, -0.25) is 9.88 Å². The number of urea groups is 1. The van der Waals surface area contributed by atoms with E-state index in [2.05, 4.69) is 21.3 Å². The second kappa shape index (κ2) is 5.97.